The van der Waals surface area contributed by atoms with Gasteiger partial charge < -0.3 is 15.8 Å². The third-order valence-corrected chi connectivity index (χ3v) is 3.92. The zero-order valence-corrected chi connectivity index (χ0v) is 12.0. The molecule has 0 aromatic carbocycles. The molecule has 0 bridgehead atoms. The standard InChI is InChI=1S/C14H28N2O2/c1-11(2)7-12(9-15)8-13(17)16-10-14(18-3)5-4-6-14/h11-12H,4-10,15H2,1-3H3,(H,16,17)/t12-/m0/s1. The van der Waals surface area contributed by atoms with E-state index in [-0.39, 0.29) is 11.5 Å². The van der Waals surface area contributed by atoms with Gasteiger partial charge in [-0.25, -0.2) is 0 Å². The maximum atomic E-state index is 11.9. The van der Waals surface area contributed by atoms with E-state index in [2.05, 4.69) is 19.2 Å². The highest BCUT2D eigenvalue weighted by molar-refractivity contribution is 5.76. The first kappa shape index (κ1) is 15.4. The van der Waals surface area contributed by atoms with E-state index in [0.717, 1.165) is 19.3 Å². The number of rotatable bonds is 8. The van der Waals surface area contributed by atoms with Crippen LogP contribution in [0.2, 0.25) is 0 Å². The lowest BCUT2D eigenvalue weighted by Crippen LogP contribution is -2.49. The summed E-state index contributed by atoms with van der Waals surface area (Å²) in [6.45, 7) is 5.55. The molecule has 1 aliphatic rings. The first-order valence-electron chi connectivity index (χ1n) is 7.03. The average molecular weight is 256 g/mol. The van der Waals surface area contributed by atoms with Gasteiger partial charge in [-0.1, -0.05) is 13.8 Å². The fraction of sp³-hybridized carbons (Fsp3) is 0.929. The quantitative estimate of drug-likeness (QED) is 0.694. The van der Waals surface area contributed by atoms with Crippen LogP contribution in [-0.4, -0.2) is 31.7 Å². The van der Waals surface area contributed by atoms with E-state index in [4.69, 9.17) is 10.5 Å². The number of amides is 1. The summed E-state index contributed by atoms with van der Waals surface area (Å²) in [5.74, 6) is 0.989. The molecule has 1 fully saturated rings. The predicted molar refractivity (Wildman–Crippen MR) is 73.2 cm³/mol. The van der Waals surface area contributed by atoms with Crippen molar-refractivity contribution >= 4 is 5.91 Å². The lowest BCUT2D eigenvalue weighted by Gasteiger charge is -2.40. The van der Waals surface area contributed by atoms with Crippen molar-refractivity contribution in [3.05, 3.63) is 0 Å². The lowest BCUT2D eigenvalue weighted by atomic mass is 9.80. The monoisotopic (exact) mass is 256 g/mol. The third-order valence-electron chi connectivity index (χ3n) is 3.92. The summed E-state index contributed by atoms with van der Waals surface area (Å²) in [7, 11) is 1.73. The maximum absolute atomic E-state index is 11.9. The summed E-state index contributed by atoms with van der Waals surface area (Å²) in [6.07, 6.45) is 4.85. The molecule has 4 heteroatoms. The molecule has 0 heterocycles. The average Bonchev–Trinajstić information content (AvgIpc) is 2.26. The fourth-order valence-corrected chi connectivity index (χ4v) is 2.55. The van der Waals surface area contributed by atoms with Crippen LogP contribution in [0.3, 0.4) is 0 Å². The zero-order valence-electron chi connectivity index (χ0n) is 12.0. The Hall–Kier alpha value is -0.610. The van der Waals surface area contributed by atoms with Crippen molar-refractivity contribution in [2.24, 2.45) is 17.6 Å². The van der Waals surface area contributed by atoms with E-state index >= 15 is 0 Å². The summed E-state index contributed by atoms with van der Waals surface area (Å²) in [5, 5.41) is 2.99. The van der Waals surface area contributed by atoms with E-state index in [0.29, 0.717) is 31.3 Å². The normalized spacial score (nSPS) is 19.4. The maximum Gasteiger partial charge on any atom is 0.220 e. The minimum atomic E-state index is -0.0913. The summed E-state index contributed by atoms with van der Waals surface area (Å²) < 4.78 is 5.48. The second-order valence-corrected chi connectivity index (χ2v) is 5.95. The van der Waals surface area contributed by atoms with Crippen LogP contribution in [0.1, 0.15) is 46.0 Å². The summed E-state index contributed by atoms with van der Waals surface area (Å²) >= 11 is 0. The number of carbonyl (C=O) groups is 1. The SMILES string of the molecule is COC1(CNC(=O)C[C@@H](CN)CC(C)C)CCC1. The molecule has 1 saturated carbocycles. The third kappa shape index (κ3) is 4.58. The Balaban J connectivity index is 2.27. The van der Waals surface area contributed by atoms with Crippen molar-refractivity contribution in [1.29, 1.82) is 0 Å². The van der Waals surface area contributed by atoms with E-state index in [1.807, 2.05) is 0 Å². The lowest BCUT2D eigenvalue weighted by molar-refractivity contribution is -0.125. The zero-order chi connectivity index (χ0) is 13.6. The summed E-state index contributed by atoms with van der Waals surface area (Å²) in [6, 6.07) is 0. The van der Waals surface area contributed by atoms with Crippen molar-refractivity contribution < 1.29 is 9.53 Å². The second kappa shape index (κ2) is 7.10. The highest BCUT2D eigenvalue weighted by atomic mass is 16.5. The van der Waals surface area contributed by atoms with Gasteiger partial charge in [-0.05, 0) is 44.1 Å². The van der Waals surface area contributed by atoms with Crippen molar-refractivity contribution in [3.63, 3.8) is 0 Å². The molecule has 106 valence electrons. The molecule has 0 spiro atoms. The topological polar surface area (TPSA) is 64.3 Å². The van der Waals surface area contributed by atoms with Crippen molar-refractivity contribution in [3.8, 4) is 0 Å². The number of carbonyl (C=O) groups excluding carboxylic acids is 1. The van der Waals surface area contributed by atoms with Crippen LogP contribution < -0.4 is 11.1 Å². The minimum Gasteiger partial charge on any atom is -0.376 e. The smallest absolute Gasteiger partial charge is 0.220 e. The number of nitrogens with two attached hydrogens (primary N) is 1. The van der Waals surface area contributed by atoms with Gasteiger partial charge in [-0.3, -0.25) is 4.79 Å². The van der Waals surface area contributed by atoms with Crippen LogP contribution in [0.15, 0.2) is 0 Å². The molecule has 0 aliphatic heterocycles. The van der Waals surface area contributed by atoms with Gasteiger partial charge in [0.05, 0.1) is 5.60 Å². The molecular weight excluding hydrogens is 228 g/mol. The number of methoxy groups -OCH3 is 1. The van der Waals surface area contributed by atoms with E-state index < -0.39 is 0 Å². The molecule has 1 amide bonds. The molecule has 0 aromatic heterocycles. The van der Waals surface area contributed by atoms with E-state index in [1.165, 1.54) is 6.42 Å². The Morgan fingerprint density at radius 3 is 2.50 bits per heavy atom. The Morgan fingerprint density at radius 1 is 1.44 bits per heavy atom. The van der Waals surface area contributed by atoms with E-state index in [1.54, 1.807) is 7.11 Å². The molecule has 0 saturated heterocycles. The second-order valence-electron chi connectivity index (χ2n) is 5.95. The van der Waals surface area contributed by atoms with Crippen molar-refractivity contribution in [2.45, 2.75) is 51.6 Å². The molecule has 4 nitrogen and oxygen atoms in total. The van der Waals surface area contributed by atoms with Gasteiger partial charge in [0.1, 0.15) is 0 Å². The van der Waals surface area contributed by atoms with Gasteiger partial charge in [0.2, 0.25) is 5.91 Å². The Morgan fingerprint density at radius 2 is 2.11 bits per heavy atom. The van der Waals surface area contributed by atoms with Crippen LogP contribution >= 0.6 is 0 Å². The number of hydrogen-bond donors (Lipinski definition) is 2. The first-order chi connectivity index (χ1) is 8.51. The molecular formula is C14H28N2O2. The van der Waals surface area contributed by atoms with Crippen LogP contribution in [0, 0.1) is 11.8 Å². The highest BCUT2D eigenvalue weighted by Gasteiger charge is 2.37. The molecule has 0 radical (unpaired) electrons. The molecule has 1 rings (SSSR count). The Labute approximate surface area is 111 Å². The highest BCUT2D eigenvalue weighted by Crippen LogP contribution is 2.34. The predicted octanol–water partition coefficient (Wildman–Crippen LogP) is 1.68. The minimum absolute atomic E-state index is 0.0913. The fourth-order valence-electron chi connectivity index (χ4n) is 2.55. The summed E-state index contributed by atoms with van der Waals surface area (Å²) in [5.41, 5.74) is 5.62. The number of hydrogen-bond acceptors (Lipinski definition) is 3. The van der Waals surface area contributed by atoms with Crippen LogP contribution in [0.5, 0.6) is 0 Å². The molecule has 1 aliphatic carbocycles. The molecule has 18 heavy (non-hydrogen) atoms. The number of nitrogens with one attached hydrogen (secondary N) is 1. The summed E-state index contributed by atoms with van der Waals surface area (Å²) in [4.78, 5) is 11.9. The van der Waals surface area contributed by atoms with Gasteiger partial charge in [0, 0.05) is 20.1 Å². The van der Waals surface area contributed by atoms with Crippen molar-refractivity contribution in [1.82, 2.24) is 5.32 Å². The van der Waals surface area contributed by atoms with E-state index in [9.17, 15) is 4.79 Å². The van der Waals surface area contributed by atoms with Crippen molar-refractivity contribution in [2.75, 3.05) is 20.2 Å². The Kier molecular flexibility index (Phi) is 6.09. The number of ether oxygens (including phenoxy) is 1. The van der Waals surface area contributed by atoms with Gasteiger partial charge in [0.25, 0.3) is 0 Å². The van der Waals surface area contributed by atoms with Crippen LogP contribution in [-0.2, 0) is 9.53 Å². The molecule has 1 atom stereocenters. The molecule has 3 N–H and O–H groups in total. The van der Waals surface area contributed by atoms with Crippen LogP contribution in [0.25, 0.3) is 0 Å². The van der Waals surface area contributed by atoms with Gasteiger partial charge in [0.15, 0.2) is 0 Å². The Bertz CT molecular complexity index is 257. The first-order valence-corrected chi connectivity index (χ1v) is 7.03. The van der Waals surface area contributed by atoms with Crippen LogP contribution in [0.4, 0.5) is 0 Å². The van der Waals surface area contributed by atoms with Gasteiger partial charge in [-0.15, -0.1) is 0 Å². The molecule has 0 aromatic rings. The van der Waals surface area contributed by atoms with Gasteiger partial charge >= 0.3 is 0 Å². The van der Waals surface area contributed by atoms with Gasteiger partial charge in [-0.2, -0.15) is 0 Å². The molecule has 0 unspecified atom stereocenters. The largest absolute Gasteiger partial charge is 0.376 e.